The molecule has 0 spiro atoms. The summed E-state index contributed by atoms with van der Waals surface area (Å²) in [6, 6.07) is 34.3. The van der Waals surface area contributed by atoms with Crippen molar-refractivity contribution < 1.29 is 9.13 Å². The van der Waals surface area contributed by atoms with E-state index in [0.29, 0.717) is 5.92 Å². The Morgan fingerprint density at radius 3 is 2.20 bits per heavy atom. The van der Waals surface area contributed by atoms with Gasteiger partial charge in [-0.1, -0.05) is 74.5 Å². The molecule has 5 aromatic rings. The highest BCUT2D eigenvalue weighted by molar-refractivity contribution is 5.75. The molecule has 2 aliphatic carbocycles. The minimum Gasteiger partial charge on any atom is -0.198 e. The molecule has 2 aromatic heterocycles. The maximum Gasteiger partial charge on any atom is 0.215 e. The molecule has 2 bridgehead atoms. The van der Waals surface area contributed by atoms with Crippen LogP contribution in [0.25, 0.3) is 33.6 Å². The molecule has 0 radical (unpaired) electrons. The van der Waals surface area contributed by atoms with Crippen LogP contribution in [0, 0.1) is 13.8 Å². The molecule has 3 atom stereocenters. The third-order valence-electron chi connectivity index (χ3n) is 12.0. The zero-order valence-electron chi connectivity index (χ0n) is 27.4. The number of rotatable bonds is 7. The Hall–Kier alpha value is -4.04. The molecule has 3 heterocycles. The molecular formula is C43H46N2+2. The van der Waals surface area contributed by atoms with E-state index >= 15 is 0 Å². The van der Waals surface area contributed by atoms with Crippen LogP contribution in [0.5, 0.6) is 0 Å². The summed E-state index contributed by atoms with van der Waals surface area (Å²) < 4.78 is 5.32. The van der Waals surface area contributed by atoms with Crippen molar-refractivity contribution in [3.05, 3.63) is 131 Å². The van der Waals surface area contributed by atoms with Crippen molar-refractivity contribution in [3.8, 4) is 33.6 Å². The molecule has 1 saturated carbocycles. The lowest BCUT2D eigenvalue weighted by atomic mass is 9.68. The van der Waals surface area contributed by atoms with Crippen molar-refractivity contribution in [2.45, 2.75) is 96.1 Å². The number of benzene rings is 3. The molecule has 1 fully saturated rings. The van der Waals surface area contributed by atoms with Crippen LogP contribution in [-0.2, 0) is 12.1 Å². The molecule has 2 nitrogen and oxygen atoms in total. The van der Waals surface area contributed by atoms with Crippen LogP contribution in [0.2, 0.25) is 0 Å². The smallest absolute Gasteiger partial charge is 0.198 e. The van der Waals surface area contributed by atoms with E-state index in [9.17, 15) is 0 Å². The molecule has 0 N–H and O–H groups in total. The summed E-state index contributed by atoms with van der Waals surface area (Å²) in [5.41, 5.74) is 15.7. The maximum atomic E-state index is 2.79. The third-order valence-corrected chi connectivity index (χ3v) is 12.0. The molecule has 0 saturated heterocycles. The summed E-state index contributed by atoms with van der Waals surface area (Å²) in [7, 11) is 0. The molecule has 45 heavy (non-hydrogen) atoms. The highest BCUT2D eigenvalue weighted by atomic mass is 15.1. The van der Waals surface area contributed by atoms with E-state index in [1.165, 1.54) is 69.6 Å². The Balaban J connectivity index is 1.29. The summed E-state index contributed by atoms with van der Waals surface area (Å²) in [5, 5.41) is 0. The minimum absolute atomic E-state index is 0.0423. The van der Waals surface area contributed by atoms with Crippen molar-refractivity contribution >= 4 is 0 Å². The van der Waals surface area contributed by atoms with Crippen LogP contribution in [0.4, 0.5) is 0 Å². The van der Waals surface area contributed by atoms with Crippen LogP contribution >= 0.6 is 0 Å². The van der Waals surface area contributed by atoms with Gasteiger partial charge in [-0.3, -0.25) is 0 Å². The van der Waals surface area contributed by atoms with E-state index in [4.69, 9.17) is 0 Å². The van der Waals surface area contributed by atoms with E-state index in [0.717, 1.165) is 37.6 Å². The summed E-state index contributed by atoms with van der Waals surface area (Å²) in [4.78, 5) is 0. The van der Waals surface area contributed by atoms with Crippen molar-refractivity contribution in [2.75, 3.05) is 0 Å². The van der Waals surface area contributed by atoms with Crippen LogP contribution in [0.15, 0.2) is 103 Å². The number of hydrogen-bond donors (Lipinski definition) is 0. The van der Waals surface area contributed by atoms with Gasteiger partial charge in [0.25, 0.3) is 0 Å². The Morgan fingerprint density at radius 2 is 1.42 bits per heavy atom. The van der Waals surface area contributed by atoms with Crippen molar-refractivity contribution in [3.63, 3.8) is 0 Å². The van der Waals surface area contributed by atoms with Crippen molar-refractivity contribution in [2.24, 2.45) is 0 Å². The number of pyridine rings is 2. The van der Waals surface area contributed by atoms with Gasteiger partial charge in [0, 0.05) is 48.1 Å². The Kier molecular flexibility index (Phi) is 7.01. The minimum atomic E-state index is 0.0423. The summed E-state index contributed by atoms with van der Waals surface area (Å²) in [5.74, 6) is 1.92. The SMILES string of the molecule is CCC1(CC)C(CC[n+]2cccc(C)c2-c2ccccc2C)c2ccc(-c3ccccc3)cc2-c2cc3c(c[n+]21)C1CCC3C1. The standard InChI is InChI=1S/C43H46N2/c1-5-43(6-2)40(22-24-44-23-12-14-30(4)42(44)35-17-11-10-13-29(35)3)36-21-20-32(31-15-8-7-9-16-31)26-38(36)41-27-37-33-18-19-34(25-33)39(37)28-45(41)43/h7-17,20-21,23,26-28,33-34,40H,5-6,18-19,22,24-25H2,1-4H3/q+2. The summed E-state index contributed by atoms with van der Waals surface area (Å²) in [6.45, 7) is 10.4. The molecule has 0 amide bonds. The fraction of sp³-hybridized carbons (Fsp3) is 0.349. The van der Waals surface area contributed by atoms with E-state index in [1.807, 2.05) is 0 Å². The Morgan fingerprint density at radius 1 is 0.689 bits per heavy atom. The second-order valence-electron chi connectivity index (χ2n) is 14.0. The molecule has 226 valence electrons. The van der Waals surface area contributed by atoms with Gasteiger partial charge in [-0.05, 0) is 91.0 Å². The van der Waals surface area contributed by atoms with E-state index in [2.05, 4.69) is 140 Å². The first kappa shape index (κ1) is 28.4. The highest BCUT2D eigenvalue weighted by Crippen LogP contribution is 2.55. The Bertz CT molecular complexity index is 1900. The van der Waals surface area contributed by atoms with Crippen LogP contribution in [0.3, 0.4) is 0 Å². The van der Waals surface area contributed by atoms with Gasteiger partial charge in [0.1, 0.15) is 6.54 Å². The molecule has 3 unspecified atom stereocenters. The molecular weight excluding hydrogens is 544 g/mol. The van der Waals surface area contributed by atoms with E-state index in [1.54, 1.807) is 11.1 Å². The average molecular weight is 591 g/mol. The number of hydrogen-bond acceptors (Lipinski definition) is 0. The number of fused-ring (bicyclic) bond motifs is 8. The van der Waals surface area contributed by atoms with E-state index in [-0.39, 0.29) is 5.54 Å². The lowest BCUT2D eigenvalue weighted by Gasteiger charge is -2.40. The second-order valence-corrected chi connectivity index (χ2v) is 14.0. The monoisotopic (exact) mass is 590 g/mol. The zero-order valence-corrected chi connectivity index (χ0v) is 27.4. The first-order chi connectivity index (χ1) is 22.0. The zero-order chi connectivity index (χ0) is 30.7. The lowest BCUT2D eigenvalue weighted by Crippen LogP contribution is -2.63. The molecule has 3 aromatic carbocycles. The van der Waals surface area contributed by atoms with Gasteiger partial charge in [0.15, 0.2) is 17.9 Å². The largest absolute Gasteiger partial charge is 0.215 e. The van der Waals surface area contributed by atoms with Gasteiger partial charge in [-0.25, -0.2) is 0 Å². The number of aryl methyl sites for hydroxylation is 3. The van der Waals surface area contributed by atoms with Crippen LogP contribution in [-0.4, -0.2) is 0 Å². The molecule has 8 rings (SSSR count). The van der Waals surface area contributed by atoms with Crippen LogP contribution < -0.4 is 9.13 Å². The van der Waals surface area contributed by atoms with Gasteiger partial charge < -0.3 is 0 Å². The first-order valence-corrected chi connectivity index (χ1v) is 17.4. The predicted octanol–water partition coefficient (Wildman–Crippen LogP) is 9.95. The fourth-order valence-electron chi connectivity index (χ4n) is 9.59. The second kappa shape index (κ2) is 11.1. The van der Waals surface area contributed by atoms with Gasteiger partial charge >= 0.3 is 0 Å². The van der Waals surface area contributed by atoms with Gasteiger partial charge in [-0.15, -0.1) is 0 Å². The molecule has 1 aliphatic heterocycles. The summed E-state index contributed by atoms with van der Waals surface area (Å²) in [6.07, 6.45) is 12.4. The first-order valence-electron chi connectivity index (χ1n) is 17.4. The van der Waals surface area contributed by atoms with Gasteiger partial charge in [0.05, 0.1) is 11.5 Å². The number of nitrogens with zero attached hydrogens (tertiary/aromatic N) is 2. The molecule has 2 heteroatoms. The van der Waals surface area contributed by atoms with E-state index < -0.39 is 0 Å². The normalized spacial score (nSPS) is 20.5. The lowest BCUT2D eigenvalue weighted by molar-refractivity contribution is -0.765. The van der Waals surface area contributed by atoms with Gasteiger partial charge in [0.2, 0.25) is 11.4 Å². The Labute approximate surface area is 269 Å². The third kappa shape index (κ3) is 4.43. The van der Waals surface area contributed by atoms with Crippen molar-refractivity contribution in [1.82, 2.24) is 0 Å². The quantitative estimate of drug-likeness (QED) is 0.167. The molecule has 3 aliphatic rings. The highest BCUT2D eigenvalue weighted by Gasteiger charge is 2.53. The topological polar surface area (TPSA) is 7.76 Å². The summed E-state index contributed by atoms with van der Waals surface area (Å²) >= 11 is 0. The average Bonchev–Trinajstić information content (AvgIpc) is 3.70. The predicted molar refractivity (Wildman–Crippen MR) is 184 cm³/mol. The maximum absolute atomic E-state index is 2.79. The van der Waals surface area contributed by atoms with Crippen molar-refractivity contribution in [1.29, 1.82) is 0 Å². The fourth-order valence-corrected chi connectivity index (χ4v) is 9.59. The van der Waals surface area contributed by atoms with Gasteiger partial charge in [-0.2, -0.15) is 9.13 Å². The number of aromatic nitrogens is 2. The van der Waals surface area contributed by atoms with Crippen LogP contribution in [0.1, 0.15) is 97.9 Å².